The van der Waals surface area contributed by atoms with Crippen LogP contribution in [0.15, 0.2) is 0 Å². The van der Waals surface area contributed by atoms with Gasteiger partial charge in [0.1, 0.15) is 18.3 Å². The predicted octanol–water partition coefficient (Wildman–Crippen LogP) is 2.66. The maximum atomic E-state index is 11.6. The summed E-state index contributed by atoms with van der Waals surface area (Å²) < 4.78 is 4.79. The van der Waals surface area contributed by atoms with Crippen LogP contribution in [0.5, 0.6) is 0 Å². The minimum Gasteiger partial charge on any atom is -0.458 e. The minimum absolute atomic E-state index is 0.211. The molecule has 0 radical (unpaired) electrons. The van der Waals surface area contributed by atoms with E-state index in [1.165, 1.54) is 64.2 Å². The summed E-state index contributed by atoms with van der Waals surface area (Å²) in [6.07, 6.45) is 10.6. The normalized spacial score (nSPS) is 14.4. The SMILES string of the molecule is CCCCCCCCCCCCCCCC(=O)OCC(=O)[C@@H](O)[C@H](O)[C@H](O)CO. The van der Waals surface area contributed by atoms with Crippen LogP contribution in [-0.4, -0.2) is 63.7 Å². The number of ketones is 1. The number of ether oxygens (including phenoxy) is 1. The number of hydrogen-bond donors (Lipinski definition) is 4. The minimum atomic E-state index is -1.90. The number of carbonyl (C=O) groups is 2. The van der Waals surface area contributed by atoms with E-state index in [1.807, 2.05) is 0 Å². The molecule has 4 N–H and O–H groups in total. The van der Waals surface area contributed by atoms with Crippen molar-refractivity contribution in [1.29, 1.82) is 0 Å². The molecule has 172 valence electrons. The Kier molecular flexibility index (Phi) is 18.3. The summed E-state index contributed by atoms with van der Waals surface area (Å²) in [5.74, 6) is -1.44. The van der Waals surface area contributed by atoms with Crippen molar-refractivity contribution in [1.82, 2.24) is 0 Å². The second kappa shape index (κ2) is 19.0. The number of hydrogen-bond acceptors (Lipinski definition) is 7. The number of unbranched alkanes of at least 4 members (excludes halogenated alkanes) is 12. The molecule has 0 amide bonds. The number of Topliss-reactive ketones (excluding diaryl/α,β-unsaturated/α-hetero) is 1. The van der Waals surface area contributed by atoms with Gasteiger partial charge in [0.05, 0.1) is 6.61 Å². The standard InChI is InChI=1S/C22H42O7/c1-2-3-4-5-6-7-8-9-10-11-12-13-14-15-20(26)29-17-19(25)22(28)21(27)18(24)16-23/h18,21-24,27-28H,2-17H2,1H3/t18-,21-,22-/m1/s1. The summed E-state index contributed by atoms with van der Waals surface area (Å²) in [6, 6.07) is 0. The first-order valence-electron chi connectivity index (χ1n) is 11.3. The molecule has 0 aromatic rings. The van der Waals surface area contributed by atoms with Gasteiger partial charge in [0.25, 0.3) is 0 Å². The molecule has 0 aliphatic heterocycles. The Hall–Kier alpha value is -1.02. The van der Waals surface area contributed by atoms with Crippen LogP contribution in [0.1, 0.15) is 96.8 Å². The molecule has 0 aromatic heterocycles. The fourth-order valence-electron chi connectivity index (χ4n) is 3.11. The highest BCUT2D eigenvalue weighted by molar-refractivity contribution is 5.86. The zero-order valence-electron chi connectivity index (χ0n) is 18.1. The van der Waals surface area contributed by atoms with E-state index in [0.29, 0.717) is 6.42 Å². The summed E-state index contributed by atoms with van der Waals surface area (Å²) >= 11 is 0. The van der Waals surface area contributed by atoms with Crippen LogP contribution in [0.25, 0.3) is 0 Å². The van der Waals surface area contributed by atoms with Crippen molar-refractivity contribution in [3.8, 4) is 0 Å². The third-order valence-electron chi connectivity index (χ3n) is 5.09. The van der Waals surface area contributed by atoms with E-state index >= 15 is 0 Å². The van der Waals surface area contributed by atoms with Crippen molar-refractivity contribution >= 4 is 11.8 Å². The van der Waals surface area contributed by atoms with Gasteiger partial charge in [-0.3, -0.25) is 9.59 Å². The van der Waals surface area contributed by atoms with Gasteiger partial charge in [0.15, 0.2) is 6.61 Å². The second-order valence-electron chi connectivity index (χ2n) is 7.80. The third-order valence-corrected chi connectivity index (χ3v) is 5.09. The molecule has 3 atom stereocenters. The molecule has 7 nitrogen and oxygen atoms in total. The van der Waals surface area contributed by atoms with Crippen molar-refractivity contribution in [2.75, 3.05) is 13.2 Å². The van der Waals surface area contributed by atoms with Crippen LogP contribution in [0.4, 0.5) is 0 Å². The largest absolute Gasteiger partial charge is 0.458 e. The molecule has 7 heteroatoms. The summed E-state index contributed by atoms with van der Waals surface area (Å²) in [4.78, 5) is 23.2. The van der Waals surface area contributed by atoms with Crippen molar-refractivity contribution in [2.24, 2.45) is 0 Å². The Morgan fingerprint density at radius 3 is 1.66 bits per heavy atom. The van der Waals surface area contributed by atoms with Crippen LogP contribution in [-0.2, 0) is 14.3 Å². The Labute approximate surface area is 175 Å². The Balaban J connectivity index is 3.53. The van der Waals surface area contributed by atoms with Crippen LogP contribution in [0.2, 0.25) is 0 Å². The van der Waals surface area contributed by atoms with Crippen molar-refractivity contribution in [2.45, 2.75) is 115 Å². The number of aliphatic hydroxyl groups excluding tert-OH is 4. The summed E-state index contributed by atoms with van der Waals surface area (Å²) in [7, 11) is 0. The monoisotopic (exact) mass is 418 g/mol. The number of esters is 1. The first-order chi connectivity index (χ1) is 13.9. The van der Waals surface area contributed by atoms with Crippen molar-refractivity contribution < 1.29 is 34.8 Å². The Morgan fingerprint density at radius 1 is 0.759 bits per heavy atom. The fourth-order valence-corrected chi connectivity index (χ4v) is 3.11. The van der Waals surface area contributed by atoms with Crippen molar-refractivity contribution in [3.63, 3.8) is 0 Å². The van der Waals surface area contributed by atoms with Gasteiger partial charge in [-0.15, -0.1) is 0 Å². The first-order valence-corrected chi connectivity index (χ1v) is 11.3. The third kappa shape index (κ3) is 15.5. The highest BCUT2D eigenvalue weighted by Crippen LogP contribution is 2.13. The molecule has 0 rings (SSSR count). The molecule has 0 fully saturated rings. The molecule has 0 saturated heterocycles. The first kappa shape index (κ1) is 28.0. The van der Waals surface area contributed by atoms with Gasteiger partial charge in [-0.25, -0.2) is 0 Å². The summed E-state index contributed by atoms with van der Waals surface area (Å²) in [6.45, 7) is 0.786. The average molecular weight is 419 g/mol. The van der Waals surface area contributed by atoms with Gasteiger partial charge in [-0.2, -0.15) is 0 Å². The Morgan fingerprint density at radius 2 is 1.21 bits per heavy atom. The number of rotatable bonds is 20. The van der Waals surface area contributed by atoms with Gasteiger partial charge < -0.3 is 25.2 Å². The van der Waals surface area contributed by atoms with Gasteiger partial charge in [0, 0.05) is 6.42 Å². The summed E-state index contributed by atoms with van der Waals surface area (Å²) in [5.41, 5.74) is 0. The smallest absolute Gasteiger partial charge is 0.306 e. The lowest BCUT2D eigenvalue weighted by atomic mass is 10.0. The van der Waals surface area contributed by atoms with E-state index in [1.54, 1.807) is 0 Å². The van der Waals surface area contributed by atoms with Crippen LogP contribution in [0.3, 0.4) is 0 Å². The number of aliphatic hydroxyl groups is 4. The van der Waals surface area contributed by atoms with Crippen LogP contribution >= 0.6 is 0 Å². The maximum Gasteiger partial charge on any atom is 0.306 e. The molecule has 0 unspecified atom stereocenters. The molecule has 0 bridgehead atoms. The molecule has 0 aromatic carbocycles. The quantitative estimate of drug-likeness (QED) is 0.177. The summed E-state index contributed by atoms with van der Waals surface area (Å²) in [5, 5.41) is 36.8. The van der Waals surface area contributed by atoms with E-state index in [4.69, 9.17) is 9.84 Å². The molecular formula is C22H42O7. The lowest BCUT2D eigenvalue weighted by molar-refractivity contribution is -0.155. The van der Waals surface area contributed by atoms with Crippen LogP contribution in [0, 0.1) is 0 Å². The molecule has 0 spiro atoms. The van der Waals surface area contributed by atoms with Gasteiger partial charge in [-0.1, -0.05) is 84.0 Å². The zero-order valence-corrected chi connectivity index (χ0v) is 18.1. The topological polar surface area (TPSA) is 124 Å². The average Bonchev–Trinajstić information content (AvgIpc) is 2.73. The van der Waals surface area contributed by atoms with E-state index in [9.17, 15) is 24.9 Å². The number of carbonyl (C=O) groups excluding carboxylic acids is 2. The van der Waals surface area contributed by atoms with Crippen LogP contribution < -0.4 is 0 Å². The lowest BCUT2D eigenvalue weighted by Gasteiger charge is -2.20. The highest BCUT2D eigenvalue weighted by Gasteiger charge is 2.30. The second-order valence-corrected chi connectivity index (χ2v) is 7.80. The molecule has 0 heterocycles. The maximum absolute atomic E-state index is 11.6. The van der Waals surface area contributed by atoms with E-state index in [-0.39, 0.29) is 6.42 Å². The molecule has 0 aliphatic rings. The zero-order chi connectivity index (χ0) is 21.9. The van der Waals surface area contributed by atoms with E-state index < -0.39 is 43.3 Å². The highest BCUT2D eigenvalue weighted by atomic mass is 16.5. The lowest BCUT2D eigenvalue weighted by Crippen LogP contribution is -2.45. The van der Waals surface area contributed by atoms with Gasteiger partial charge in [-0.05, 0) is 6.42 Å². The molecule has 0 saturated carbocycles. The fraction of sp³-hybridized carbons (Fsp3) is 0.909. The Bertz CT molecular complexity index is 414. The van der Waals surface area contributed by atoms with E-state index in [2.05, 4.69) is 6.92 Å². The van der Waals surface area contributed by atoms with E-state index in [0.717, 1.165) is 12.8 Å². The van der Waals surface area contributed by atoms with Crippen molar-refractivity contribution in [3.05, 3.63) is 0 Å². The van der Waals surface area contributed by atoms with Gasteiger partial charge >= 0.3 is 5.97 Å². The molecule has 29 heavy (non-hydrogen) atoms. The molecular weight excluding hydrogens is 376 g/mol. The van der Waals surface area contributed by atoms with Gasteiger partial charge in [0.2, 0.25) is 5.78 Å². The predicted molar refractivity (Wildman–Crippen MR) is 111 cm³/mol. The molecule has 0 aliphatic carbocycles.